The molecule has 2 aromatic carbocycles. The predicted molar refractivity (Wildman–Crippen MR) is 82.5 cm³/mol. The minimum Gasteiger partial charge on any atom is -0.481 e. The van der Waals surface area contributed by atoms with Gasteiger partial charge in [0, 0.05) is 5.92 Å². The van der Waals surface area contributed by atoms with Crippen LogP contribution in [-0.4, -0.2) is 24.7 Å². The summed E-state index contributed by atoms with van der Waals surface area (Å²) < 4.78 is 25.4. The van der Waals surface area contributed by atoms with Crippen LogP contribution in [0.5, 0.6) is 0 Å². The Hall–Kier alpha value is -2.14. The molecule has 1 aliphatic rings. The Balaban J connectivity index is 1.99. The van der Waals surface area contributed by atoms with E-state index in [1.807, 2.05) is 31.2 Å². The lowest BCUT2D eigenvalue weighted by Crippen LogP contribution is -2.13. The number of sulfone groups is 1. The first-order valence-electron chi connectivity index (χ1n) is 7.01. The van der Waals surface area contributed by atoms with Crippen molar-refractivity contribution in [2.45, 2.75) is 23.0 Å². The quantitative estimate of drug-likeness (QED) is 0.941. The van der Waals surface area contributed by atoms with Crippen molar-refractivity contribution in [1.29, 1.82) is 0 Å². The Morgan fingerprint density at radius 3 is 2.14 bits per heavy atom. The van der Waals surface area contributed by atoms with Gasteiger partial charge in [-0.3, -0.25) is 4.79 Å². The molecule has 1 aliphatic carbocycles. The van der Waals surface area contributed by atoms with Gasteiger partial charge in [0.25, 0.3) is 0 Å². The van der Waals surface area contributed by atoms with Crippen LogP contribution in [0.1, 0.15) is 17.0 Å². The zero-order valence-electron chi connectivity index (χ0n) is 12.0. The van der Waals surface area contributed by atoms with E-state index in [1.54, 1.807) is 18.2 Å². The van der Waals surface area contributed by atoms with Crippen molar-refractivity contribution in [2.75, 3.05) is 0 Å². The number of carbonyl (C=O) groups is 1. The molecule has 0 heterocycles. The summed E-state index contributed by atoms with van der Waals surface area (Å²) in [6.45, 7) is 1.93. The van der Waals surface area contributed by atoms with Crippen LogP contribution in [0.3, 0.4) is 0 Å². The van der Waals surface area contributed by atoms with Crippen LogP contribution in [0.25, 0.3) is 0 Å². The van der Waals surface area contributed by atoms with Crippen LogP contribution >= 0.6 is 0 Å². The number of aryl methyl sites for hydroxylation is 1. The Kier molecular flexibility index (Phi) is 3.53. The summed E-state index contributed by atoms with van der Waals surface area (Å²) in [5.41, 5.74) is 1.82. The van der Waals surface area contributed by atoms with Crippen LogP contribution < -0.4 is 0 Å². The third-order valence-electron chi connectivity index (χ3n) is 4.13. The van der Waals surface area contributed by atoms with Crippen LogP contribution in [0.4, 0.5) is 0 Å². The standard InChI is InChI=1S/C17H16O4S/c1-11-7-9-12(10-8-11)14-15(17(18)19)16(14)22(20,21)13-5-3-2-4-6-13/h2-10,14-16H,1H3,(H,18,19)/t14-,15-,16+/m0/s1. The third-order valence-corrected chi connectivity index (χ3v) is 6.36. The van der Waals surface area contributed by atoms with Crippen molar-refractivity contribution in [1.82, 2.24) is 0 Å². The SMILES string of the molecule is Cc1ccc([C@H]2[C@H](C(=O)O)[C@@H]2S(=O)(=O)c2ccccc2)cc1. The topological polar surface area (TPSA) is 71.4 Å². The number of benzene rings is 2. The Morgan fingerprint density at radius 1 is 1.00 bits per heavy atom. The highest BCUT2D eigenvalue weighted by Gasteiger charge is 2.63. The zero-order chi connectivity index (χ0) is 15.9. The molecule has 0 unspecified atom stereocenters. The van der Waals surface area contributed by atoms with Crippen LogP contribution in [0.15, 0.2) is 59.5 Å². The molecule has 5 heteroatoms. The molecule has 0 spiro atoms. The maximum Gasteiger partial charge on any atom is 0.308 e. The lowest BCUT2D eigenvalue weighted by atomic mass is 10.1. The number of rotatable bonds is 4. The van der Waals surface area contributed by atoms with Crippen molar-refractivity contribution in [3.63, 3.8) is 0 Å². The molecule has 3 rings (SSSR count). The first-order chi connectivity index (χ1) is 10.4. The van der Waals surface area contributed by atoms with E-state index in [2.05, 4.69) is 0 Å². The summed E-state index contributed by atoms with van der Waals surface area (Å²) in [4.78, 5) is 11.6. The molecule has 0 aromatic heterocycles. The van der Waals surface area contributed by atoms with E-state index < -0.39 is 32.9 Å². The minimum absolute atomic E-state index is 0.181. The van der Waals surface area contributed by atoms with Crippen molar-refractivity contribution in [2.24, 2.45) is 5.92 Å². The van der Waals surface area contributed by atoms with Gasteiger partial charge in [-0.25, -0.2) is 8.42 Å². The summed E-state index contributed by atoms with van der Waals surface area (Å²) in [5, 5.41) is 8.46. The first-order valence-corrected chi connectivity index (χ1v) is 8.56. The molecule has 1 saturated carbocycles. The fraction of sp³-hybridized carbons (Fsp3) is 0.235. The maximum atomic E-state index is 12.7. The average molecular weight is 316 g/mol. The summed E-state index contributed by atoms with van der Waals surface area (Å²) in [6.07, 6.45) is 0. The second-order valence-electron chi connectivity index (χ2n) is 5.62. The molecule has 1 N–H and O–H groups in total. The lowest BCUT2D eigenvalue weighted by molar-refractivity contribution is -0.138. The number of carboxylic acids is 1. The van der Waals surface area contributed by atoms with Gasteiger partial charge in [0.1, 0.15) is 0 Å². The fourth-order valence-corrected chi connectivity index (χ4v) is 5.06. The summed E-state index contributed by atoms with van der Waals surface area (Å²) in [5.74, 6) is -2.42. The number of hydrogen-bond donors (Lipinski definition) is 1. The molecule has 0 aliphatic heterocycles. The summed E-state index contributed by atoms with van der Waals surface area (Å²) >= 11 is 0. The molecule has 3 atom stereocenters. The van der Waals surface area contributed by atoms with E-state index in [1.165, 1.54) is 12.1 Å². The highest BCUT2D eigenvalue weighted by Crippen LogP contribution is 2.54. The third kappa shape index (κ3) is 2.41. The zero-order valence-corrected chi connectivity index (χ0v) is 12.8. The predicted octanol–water partition coefficient (Wildman–Crippen LogP) is 2.64. The first kappa shape index (κ1) is 14.8. The van der Waals surface area contributed by atoms with Crippen LogP contribution in [0, 0.1) is 12.8 Å². The number of carboxylic acid groups (broad SMARTS) is 1. The van der Waals surface area contributed by atoms with Gasteiger partial charge in [0.05, 0.1) is 16.1 Å². The second-order valence-corrected chi connectivity index (χ2v) is 7.73. The normalized spacial score (nSPS) is 24.0. The maximum absolute atomic E-state index is 12.7. The largest absolute Gasteiger partial charge is 0.481 e. The van der Waals surface area contributed by atoms with Gasteiger partial charge in [-0.05, 0) is 24.6 Å². The van der Waals surface area contributed by atoms with Crippen LogP contribution in [-0.2, 0) is 14.6 Å². The van der Waals surface area contributed by atoms with Crippen molar-refractivity contribution < 1.29 is 18.3 Å². The van der Waals surface area contributed by atoms with Crippen molar-refractivity contribution in [3.05, 3.63) is 65.7 Å². The molecular weight excluding hydrogens is 300 g/mol. The molecule has 0 radical (unpaired) electrons. The van der Waals surface area contributed by atoms with Gasteiger partial charge in [-0.1, -0.05) is 48.0 Å². The van der Waals surface area contributed by atoms with E-state index in [0.717, 1.165) is 11.1 Å². The highest BCUT2D eigenvalue weighted by atomic mass is 32.2. The summed E-state index contributed by atoms with van der Waals surface area (Å²) in [7, 11) is -3.65. The molecule has 4 nitrogen and oxygen atoms in total. The van der Waals surface area contributed by atoms with E-state index >= 15 is 0 Å². The average Bonchev–Trinajstić information content (AvgIpc) is 3.25. The minimum atomic E-state index is -3.65. The fourth-order valence-electron chi connectivity index (χ4n) is 2.92. The molecule has 0 bridgehead atoms. The lowest BCUT2D eigenvalue weighted by Gasteiger charge is -2.04. The van der Waals surface area contributed by atoms with Crippen molar-refractivity contribution in [3.8, 4) is 0 Å². The van der Waals surface area contributed by atoms with Gasteiger partial charge in [-0.2, -0.15) is 0 Å². The monoisotopic (exact) mass is 316 g/mol. The second kappa shape index (κ2) is 5.25. The van der Waals surface area contributed by atoms with E-state index in [-0.39, 0.29) is 4.90 Å². The molecular formula is C17H16O4S. The Labute approximate surface area is 129 Å². The van der Waals surface area contributed by atoms with Gasteiger partial charge < -0.3 is 5.11 Å². The van der Waals surface area contributed by atoms with Crippen molar-refractivity contribution >= 4 is 15.8 Å². The van der Waals surface area contributed by atoms with Gasteiger partial charge >= 0.3 is 5.97 Å². The molecule has 0 saturated heterocycles. The van der Waals surface area contributed by atoms with Gasteiger partial charge in [-0.15, -0.1) is 0 Å². The van der Waals surface area contributed by atoms with Gasteiger partial charge in [0.2, 0.25) is 0 Å². The Morgan fingerprint density at radius 2 is 1.59 bits per heavy atom. The molecule has 2 aromatic rings. The summed E-state index contributed by atoms with van der Waals surface area (Å²) in [6, 6.07) is 15.4. The van der Waals surface area contributed by atoms with Gasteiger partial charge in [0.15, 0.2) is 9.84 Å². The van der Waals surface area contributed by atoms with E-state index in [9.17, 15) is 18.3 Å². The van der Waals surface area contributed by atoms with Crippen LogP contribution in [0.2, 0.25) is 0 Å². The molecule has 114 valence electrons. The van der Waals surface area contributed by atoms with E-state index in [0.29, 0.717) is 0 Å². The number of aliphatic carboxylic acids is 1. The highest BCUT2D eigenvalue weighted by molar-refractivity contribution is 7.92. The van der Waals surface area contributed by atoms with E-state index in [4.69, 9.17) is 0 Å². The molecule has 1 fully saturated rings. The smallest absolute Gasteiger partial charge is 0.308 e. The molecule has 22 heavy (non-hydrogen) atoms. The number of hydrogen-bond acceptors (Lipinski definition) is 3. The molecule has 0 amide bonds. The Bertz CT molecular complexity index is 794.